The first-order chi connectivity index (χ1) is 20.4. The topological polar surface area (TPSA) is 121 Å². The van der Waals surface area contributed by atoms with Gasteiger partial charge >= 0.3 is 0 Å². The molecule has 2 heterocycles. The Morgan fingerprint density at radius 3 is 2.50 bits per heavy atom. The number of benzene rings is 3. The van der Waals surface area contributed by atoms with E-state index in [4.69, 9.17) is 9.15 Å². The van der Waals surface area contributed by atoms with Gasteiger partial charge in [-0.15, -0.1) is 0 Å². The Hall–Kier alpha value is -5.05. The van der Waals surface area contributed by atoms with Crippen LogP contribution in [-0.4, -0.2) is 61.0 Å². The van der Waals surface area contributed by atoms with Crippen molar-refractivity contribution >= 4 is 17.7 Å². The number of aromatic hydroxyl groups is 1. The van der Waals surface area contributed by atoms with Crippen molar-refractivity contribution in [2.75, 3.05) is 33.3 Å². The van der Waals surface area contributed by atoms with Gasteiger partial charge in [0.25, 0.3) is 11.8 Å². The minimum Gasteiger partial charge on any atom is -0.507 e. The van der Waals surface area contributed by atoms with E-state index < -0.39 is 0 Å². The van der Waals surface area contributed by atoms with Crippen LogP contribution in [0.1, 0.15) is 39.3 Å². The average molecular weight is 568 g/mol. The van der Waals surface area contributed by atoms with Gasteiger partial charge in [-0.05, 0) is 91.1 Å². The number of fused-ring (bicyclic) bond motifs is 5. The van der Waals surface area contributed by atoms with E-state index in [2.05, 4.69) is 10.6 Å². The lowest BCUT2D eigenvalue weighted by Gasteiger charge is -2.21. The smallest absolute Gasteiger partial charge is 0.290 e. The van der Waals surface area contributed by atoms with E-state index in [1.54, 1.807) is 49.6 Å². The number of nitrogens with zero attached hydrogens (tertiary/aromatic N) is 1. The van der Waals surface area contributed by atoms with Crippen LogP contribution in [0, 0.1) is 0 Å². The largest absolute Gasteiger partial charge is 0.507 e. The molecule has 0 fully saturated rings. The maximum Gasteiger partial charge on any atom is 0.290 e. The van der Waals surface area contributed by atoms with E-state index in [-0.39, 0.29) is 35.8 Å². The average Bonchev–Trinajstić information content (AvgIpc) is 3.51. The summed E-state index contributed by atoms with van der Waals surface area (Å²) >= 11 is 0. The number of furan rings is 1. The number of rotatable bonds is 3. The first kappa shape index (κ1) is 28.5. The lowest BCUT2D eigenvalue weighted by molar-refractivity contribution is -0.121. The highest BCUT2D eigenvalue weighted by Crippen LogP contribution is 2.31. The second kappa shape index (κ2) is 13.1. The van der Waals surface area contributed by atoms with E-state index in [0.29, 0.717) is 61.5 Å². The fourth-order valence-electron chi connectivity index (χ4n) is 4.88. The lowest BCUT2D eigenvalue weighted by Crippen LogP contribution is -2.41. The molecule has 9 heteroatoms. The van der Waals surface area contributed by atoms with Crippen LogP contribution in [0.3, 0.4) is 0 Å². The first-order valence-electron chi connectivity index (χ1n) is 13.9. The monoisotopic (exact) mass is 567 g/mol. The van der Waals surface area contributed by atoms with Gasteiger partial charge in [-0.25, -0.2) is 0 Å². The van der Waals surface area contributed by atoms with Gasteiger partial charge in [0.2, 0.25) is 5.91 Å². The zero-order chi connectivity index (χ0) is 29.5. The Morgan fingerprint density at radius 1 is 0.881 bits per heavy atom. The molecule has 5 rings (SSSR count). The lowest BCUT2D eigenvalue weighted by atomic mass is 9.98. The molecule has 9 nitrogen and oxygen atoms in total. The molecule has 1 aromatic heterocycles. The molecule has 3 aromatic carbocycles. The van der Waals surface area contributed by atoms with Crippen LogP contribution in [-0.2, 0) is 11.2 Å². The highest BCUT2D eigenvalue weighted by Gasteiger charge is 2.22. The van der Waals surface area contributed by atoms with E-state index in [9.17, 15) is 19.5 Å². The summed E-state index contributed by atoms with van der Waals surface area (Å²) < 4.78 is 11.1. The summed E-state index contributed by atoms with van der Waals surface area (Å²) in [6.07, 6.45) is 1.70. The highest BCUT2D eigenvalue weighted by atomic mass is 16.5. The summed E-state index contributed by atoms with van der Waals surface area (Å²) in [4.78, 5) is 40.7. The van der Waals surface area contributed by atoms with Gasteiger partial charge in [0.15, 0.2) is 5.76 Å². The van der Waals surface area contributed by atoms with Crippen molar-refractivity contribution in [1.82, 2.24) is 15.5 Å². The maximum absolute atomic E-state index is 13.5. The number of phenols is 1. The van der Waals surface area contributed by atoms with Crippen molar-refractivity contribution in [2.24, 2.45) is 0 Å². The Morgan fingerprint density at radius 2 is 1.69 bits per heavy atom. The van der Waals surface area contributed by atoms with Crippen LogP contribution in [0.25, 0.3) is 22.5 Å². The summed E-state index contributed by atoms with van der Waals surface area (Å²) in [6.45, 7) is 0.947. The van der Waals surface area contributed by atoms with Gasteiger partial charge in [-0.1, -0.05) is 18.2 Å². The van der Waals surface area contributed by atoms with E-state index >= 15 is 0 Å². The normalized spacial score (nSPS) is 14.7. The molecule has 3 N–H and O–H groups in total. The Bertz CT molecular complexity index is 1580. The third-order valence-electron chi connectivity index (χ3n) is 7.19. The van der Waals surface area contributed by atoms with Crippen LogP contribution in [0.2, 0.25) is 0 Å². The Kier molecular flexibility index (Phi) is 8.87. The van der Waals surface area contributed by atoms with Crippen molar-refractivity contribution in [1.29, 1.82) is 0 Å². The second-order valence-corrected chi connectivity index (χ2v) is 10.1. The molecule has 1 aliphatic heterocycles. The zero-order valence-corrected chi connectivity index (χ0v) is 23.4. The van der Waals surface area contributed by atoms with Gasteiger partial charge in [0, 0.05) is 36.3 Å². The molecule has 0 spiro atoms. The molecule has 0 atom stereocenters. The Balaban J connectivity index is 1.33. The van der Waals surface area contributed by atoms with Gasteiger partial charge in [0.1, 0.15) is 17.3 Å². The summed E-state index contributed by atoms with van der Waals surface area (Å²) in [6, 6.07) is 23.0. The molecule has 0 saturated heterocycles. The molecule has 0 radical (unpaired) electrons. The van der Waals surface area contributed by atoms with Gasteiger partial charge in [-0.2, -0.15) is 0 Å². The van der Waals surface area contributed by atoms with Crippen molar-refractivity contribution < 1.29 is 28.6 Å². The minimum atomic E-state index is -0.386. The molecule has 216 valence electrons. The van der Waals surface area contributed by atoms with Crippen molar-refractivity contribution in [2.45, 2.75) is 19.3 Å². The summed E-state index contributed by atoms with van der Waals surface area (Å²) in [5, 5.41) is 16.3. The molecule has 4 bridgehead atoms. The number of amides is 3. The molecule has 3 amide bonds. The second-order valence-electron chi connectivity index (χ2n) is 10.1. The molecule has 0 aliphatic carbocycles. The number of carbonyl (C=O) groups excluding carboxylic acids is 3. The van der Waals surface area contributed by atoms with E-state index in [0.717, 1.165) is 16.7 Å². The molecule has 0 saturated carbocycles. The molecule has 42 heavy (non-hydrogen) atoms. The SMILES string of the molecule is COc1ccc(-c2ccc(C(=O)N3CCCCNC(=O)c4cccc(c4)-c4cc(ccc4O)CCNC(=O)C3)o2)cc1. The predicted octanol–water partition coefficient (Wildman–Crippen LogP) is 4.65. The summed E-state index contributed by atoms with van der Waals surface area (Å²) in [5.74, 6) is 0.605. The van der Waals surface area contributed by atoms with E-state index in [1.807, 2.05) is 36.4 Å². The Labute approximate surface area is 244 Å². The van der Waals surface area contributed by atoms with Crippen molar-refractivity contribution in [3.05, 3.63) is 95.7 Å². The maximum atomic E-state index is 13.5. The van der Waals surface area contributed by atoms with Gasteiger partial charge in [0.05, 0.1) is 13.7 Å². The summed E-state index contributed by atoms with van der Waals surface area (Å²) in [5.41, 5.74) is 3.54. The van der Waals surface area contributed by atoms with Crippen molar-refractivity contribution in [3.8, 4) is 33.9 Å². The fourth-order valence-corrected chi connectivity index (χ4v) is 4.88. The molecular weight excluding hydrogens is 534 g/mol. The molecular formula is C33H33N3O6. The van der Waals surface area contributed by atoms with Gasteiger partial charge < -0.3 is 29.8 Å². The van der Waals surface area contributed by atoms with Crippen LogP contribution >= 0.6 is 0 Å². The number of hydrogen-bond acceptors (Lipinski definition) is 6. The molecule has 1 aliphatic rings. The zero-order valence-electron chi connectivity index (χ0n) is 23.4. The van der Waals surface area contributed by atoms with E-state index in [1.165, 1.54) is 4.90 Å². The number of phenolic OH excluding ortho intramolecular Hbond substituents is 1. The highest BCUT2D eigenvalue weighted by molar-refractivity contribution is 5.96. The van der Waals surface area contributed by atoms with Crippen LogP contribution in [0.4, 0.5) is 0 Å². The number of ether oxygens (including phenoxy) is 1. The van der Waals surface area contributed by atoms with Crippen LogP contribution < -0.4 is 15.4 Å². The number of hydrogen-bond donors (Lipinski definition) is 3. The number of methoxy groups -OCH3 is 1. The first-order valence-corrected chi connectivity index (χ1v) is 13.9. The minimum absolute atomic E-state index is 0.108. The fraction of sp³-hybridized carbons (Fsp3) is 0.242. The van der Waals surface area contributed by atoms with Crippen LogP contribution in [0.5, 0.6) is 11.5 Å². The standard InChI is InChI=1S/C33H33N3O6/c1-41-26-10-8-23(9-11-26)29-13-14-30(42-29)33(40)36-18-3-2-16-35-32(39)25-6-4-5-24(20-25)27-19-22(7-12-28(27)37)15-17-34-31(38)21-36/h4-14,19-20,37H,2-3,15-18,21H2,1H3,(H,34,38)(H,35,39). The summed E-state index contributed by atoms with van der Waals surface area (Å²) in [7, 11) is 1.59. The third-order valence-corrected chi connectivity index (χ3v) is 7.19. The quantitative estimate of drug-likeness (QED) is 0.331. The van der Waals surface area contributed by atoms with Crippen molar-refractivity contribution in [3.63, 3.8) is 0 Å². The van der Waals surface area contributed by atoms with Gasteiger partial charge in [-0.3, -0.25) is 14.4 Å². The number of nitrogens with one attached hydrogen (secondary N) is 2. The van der Waals surface area contributed by atoms with Crippen LogP contribution in [0.15, 0.2) is 83.3 Å². The third kappa shape index (κ3) is 6.80. The molecule has 4 aromatic rings. The number of carbonyl (C=O) groups is 3. The predicted molar refractivity (Wildman–Crippen MR) is 158 cm³/mol. The molecule has 0 unspecified atom stereocenters.